The number of methoxy groups -OCH3 is 1. The molecule has 138 valence electrons. The molecule has 1 saturated heterocycles. The maximum Gasteiger partial charge on any atom is 0.228 e. The van der Waals surface area contributed by atoms with E-state index in [2.05, 4.69) is 0 Å². The van der Waals surface area contributed by atoms with Crippen molar-refractivity contribution in [3.05, 3.63) is 29.8 Å². The van der Waals surface area contributed by atoms with Crippen LogP contribution in [0.4, 0.5) is 0 Å². The van der Waals surface area contributed by atoms with Gasteiger partial charge in [0, 0.05) is 26.1 Å². The van der Waals surface area contributed by atoms with Crippen molar-refractivity contribution in [2.45, 2.75) is 32.7 Å². The molecular weight excluding hydrogens is 320 g/mol. The third-order valence-corrected chi connectivity index (χ3v) is 4.86. The monoisotopic (exact) mass is 348 g/mol. The fourth-order valence-electron chi connectivity index (χ4n) is 3.60. The van der Waals surface area contributed by atoms with Gasteiger partial charge in [-0.25, -0.2) is 0 Å². The number of carbonyl (C=O) groups excluding carboxylic acids is 2. The zero-order valence-corrected chi connectivity index (χ0v) is 15.3. The quantitative estimate of drug-likeness (QED) is 0.816. The molecule has 1 aliphatic heterocycles. The highest BCUT2D eigenvalue weighted by Crippen LogP contribution is 2.38. The molecule has 1 aliphatic rings. The number of aliphatic hydroxyl groups excluding tert-OH is 1. The Morgan fingerprint density at radius 3 is 2.76 bits per heavy atom. The van der Waals surface area contributed by atoms with Gasteiger partial charge in [0.1, 0.15) is 5.75 Å². The molecule has 0 bridgehead atoms. The van der Waals surface area contributed by atoms with Crippen LogP contribution in [0, 0.1) is 5.92 Å². The molecule has 6 nitrogen and oxygen atoms in total. The van der Waals surface area contributed by atoms with Crippen molar-refractivity contribution in [2.75, 3.05) is 33.4 Å². The number of hydrogen-bond donors (Lipinski definition) is 1. The fraction of sp³-hybridized carbons (Fsp3) is 0.579. The van der Waals surface area contributed by atoms with Gasteiger partial charge in [-0.2, -0.15) is 0 Å². The Labute approximate surface area is 149 Å². The number of hydrogen-bond acceptors (Lipinski definition) is 4. The predicted molar refractivity (Wildman–Crippen MR) is 95.2 cm³/mol. The lowest BCUT2D eigenvalue weighted by atomic mass is 9.83. The van der Waals surface area contributed by atoms with E-state index in [0.717, 1.165) is 5.56 Å². The first-order chi connectivity index (χ1) is 12.1. The topological polar surface area (TPSA) is 70.1 Å². The average molecular weight is 348 g/mol. The minimum absolute atomic E-state index is 0.00433. The molecule has 6 heteroatoms. The molecule has 2 amide bonds. The van der Waals surface area contributed by atoms with Gasteiger partial charge in [0.15, 0.2) is 0 Å². The van der Waals surface area contributed by atoms with Crippen LogP contribution in [0.2, 0.25) is 0 Å². The molecule has 0 unspecified atom stereocenters. The van der Waals surface area contributed by atoms with Crippen molar-refractivity contribution in [1.82, 2.24) is 9.80 Å². The number of ether oxygens (including phenoxy) is 1. The summed E-state index contributed by atoms with van der Waals surface area (Å²) in [6, 6.07) is 7.27. The van der Waals surface area contributed by atoms with Gasteiger partial charge in [-0.1, -0.05) is 12.1 Å². The maximum absolute atomic E-state index is 13.1. The second kappa shape index (κ2) is 8.85. The predicted octanol–water partition coefficient (Wildman–Crippen LogP) is 1.84. The minimum atomic E-state index is -0.309. The van der Waals surface area contributed by atoms with Crippen LogP contribution in [0.25, 0.3) is 0 Å². The molecule has 1 N–H and O–H groups in total. The molecule has 25 heavy (non-hydrogen) atoms. The molecule has 2 rings (SSSR count). The summed E-state index contributed by atoms with van der Waals surface area (Å²) in [6.07, 6.45) is 0.902. The second-order valence-electron chi connectivity index (χ2n) is 6.19. The number of likely N-dealkylation sites (tertiary alicyclic amines) is 1. The van der Waals surface area contributed by atoms with Crippen molar-refractivity contribution >= 4 is 11.8 Å². The van der Waals surface area contributed by atoms with E-state index in [4.69, 9.17) is 4.74 Å². The van der Waals surface area contributed by atoms with Crippen LogP contribution in [0.15, 0.2) is 24.3 Å². The lowest BCUT2D eigenvalue weighted by molar-refractivity contribution is -0.148. The van der Waals surface area contributed by atoms with Crippen molar-refractivity contribution in [3.63, 3.8) is 0 Å². The van der Waals surface area contributed by atoms with Crippen LogP contribution < -0.4 is 4.74 Å². The van der Waals surface area contributed by atoms with E-state index in [-0.39, 0.29) is 30.4 Å². The molecule has 1 fully saturated rings. The molecular formula is C19H28N2O4. The number of likely N-dealkylation sites (N-methyl/N-ethyl adjacent to an activating group) is 1. The van der Waals surface area contributed by atoms with E-state index in [1.54, 1.807) is 16.9 Å². The minimum Gasteiger partial charge on any atom is -0.497 e. The van der Waals surface area contributed by atoms with Gasteiger partial charge in [0.2, 0.25) is 11.8 Å². The van der Waals surface area contributed by atoms with E-state index >= 15 is 0 Å². The van der Waals surface area contributed by atoms with Gasteiger partial charge >= 0.3 is 0 Å². The lowest BCUT2D eigenvalue weighted by Crippen LogP contribution is -2.49. The van der Waals surface area contributed by atoms with Gasteiger partial charge in [0.25, 0.3) is 0 Å². The highest BCUT2D eigenvalue weighted by Gasteiger charge is 2.41. The van der Waals surface area contributed by atoms with Gasteiger partial charge in [-0.05, 0) is 38.0 Å². The number of amides is 2. The van der Waals surface area contributed by atoms with Crippen LogP contribution in [0.5, 0.6) is 5.75 Å². The van der Waals surface area contributed by atoms with E-state index in [1.165, 1.54) is 0 Å². The van der Waals surface area contributed by atoms with E-state index < -0.39 is 0 Å². The van der Waals surface area contributed by atoms with Gasteiger partial charge in [0.05, 0.1) is 25.7 Å². The largest absolute Gasteiger partial charge is 0.497 e. The highest BCUT2D eigenvalue weighted by atomic mass is 16.5. The number of rotatable bonds is 7. The summed E-state index contributed by atoms with van der Waals surface area (Å²) in [4.78, 5) is 29.0. The molecule has 0 aliphatic carbocycles. The SMILES string of the molecule is CCN(CCO)C(=O)[C@@H]1CCC(=O)N(CC)[C@H]1c1cccc(OC)c1. The Kier molecular flexibility index (Phi) is 6.82. The Balaban J connectivity index is 2.41. The Bertz CT molecular complexity index is 605. The zero-order valence-electron chi connectivity index (χ0n) is 15.3. The lowest BCUT2D eigenvalue weighted by Gasteiger charge is -2.42. The Morgan fingerprint density at radius 1 is 1.40 bits per heavy atom. The molecule has 0 spiro atoms. The first-order valence-electron chi connectivity index (χ1n) is 8.90. The van der Waals surface area contributed by atoms with E-state index in [1.807, 2.05) is 38.1 Å². The van der Waals surface area contributed by atoms with E-state index in [9.17, 15) is 14.7 Å². The summed E-state index contributed by atoms with van der Waals surface area (Å²) < 4.78 is 5.31. The second-order valence-corrected chi connectivity index (χ2v) is 6.19. The number of carbonyl (C=O) groups is 2. The maximum atomic E-state index is 13.1. The van der Waals surface area contributed by atoms with Crippen molar-refractivity contribution < 1.29 is 19.4 Å². The Hall–Kier alpha value is -2.08. The van der Waals surface area contributed by atoms with Crippen LogP contribution in [-0.4, -0.2) is 60.1 Å². The summed E-state index contributed by atoms with van der Waals surface area (Å²) in [5, 5.41) is 9.23. The molecule has 0 aromatic heterocycles. The van der Waals surface area contributed by atoms with Crippen LogP contribution in [0.3, 0.4) is 0 Å². The normalized spacial score (nSPS) is 20.5. The number of nitrogens with zero attached hydrogens (tertiary/aromatic N) is 2. The summed E-state index contributed by atoms with van der Waals surface area (Å²) in [6.45, 7) is 5.18. The van der Waals surface area contributed by atoms with Crippen LogP contribution in [0.1, 0.15) is 38.3 Å². The number of aliphatic hydroxyl groups is 1. The van der Waals surface area contributed by atoms with Gasteiger partial charge in [-0.3, -0.25) is 9.59 Å². The molecule has 0 saturated carbocycles. The highest BCUT2D eigenvalue weighted by molar-refractivity contribution is 5.85. The van der Waals surface area contributed by atoms with Crippen molar-refractivity contribution in [3.8, 4) is 5.75 Å². The first kappa shape index (κ1) is 19.2. The summed E-state index contributed by atoms with van der Waals surface area (Å²) in [5.41, 5.74) is 0.910. The molecule has 2 atom stereocenters. The standard InChI is InChI=1S/C19H28N2O4/c1-4-20(11-12-22)19(24)16-9-10-17(23)21(5-2)18(16)14-7-6-8-15(13-14)25-3/h6-8,13,16,18,22H,4-5,9-12H2,1-3H3/t16-,18+/m1/s1. The Morgan fingerprint density at radius 2 is 2.16 bits per heavy atom. The summed E-state index contributed by atoms with van der Waals surface area (Å²) >= 11 is 0. The third-order valence-electron chi connectivity index (χ3n) is 4.86. The average Bonchev–Trinajstić information content (AvgIpc) is 2.65. The zero-order chi connectivity index (χ0) is 18.4. The fourth-order valence-corrected chi connectivity index (χ4v) is 3.60. The van der Waals surface area contributed by atoms with Crippen LogP contribution in [-0.2, 0) is 9.59 Å². The van der Waals surface area contributed by atoms with Crippen LogP contribution >= 0.6 is 0 Å². The van der Waals surface area contributed by atoms with E-state index in [0.29, 0.717) is 38.2 Å². The first-order valence-corrected chi connectivity index (χ1v) is 8.90. The molecule has 1 aromatic rings. The number of benzene rings is 1. The molecule has 1 heterocycles. The summed E-state index contributed by atoms with van der Waals surface area (Å²) in [5.74, 6) is 0.469. The van der Waals surface area contributed by atoms with Crippen molar-refractivity contribution in [2.24, 2.45) is 5.92 Å². The molecule has 1 aromatic carbocycles. The van der Waals surface area contributed by atoms with Gasteiger partial charge < -0.3 is 19.6 Å². The van der Waals surface area contributed by atoms with Crippen molar-refractivity contribution in [1.29, 1.82) is 0 Å². The van der Waals surface area contributed by atoms with Gasteiger partial charge in [-0.15, -0.1) is 0 Å². The smallest absolute Gasteiger partial charge is 0.228 e. The molecule has 0 radical (unpaired) electrons. The third kappa shape index (κ3) is 4.12. The summed E-state index contributed by atoms with van der Waals surface area (Å²) in [7, 11) is 1.60. The number of piperidine rings is 1.